The molecule has 1 saturated carbocycles. The molecule has 1 aliphatic carbocycles. The highest BCUT2D eigenvalue weighted by Crippen LogP contribution is 2.40. The Kier molecular flexibility index (Phi) is 7.18. The number of hydrogen-bond acceptors (Lipinski definition) is 8. The minimum Gasteiger partial charge on any atom is -0.382 e. The molecule has 1 aromatic carbocycles. The maximum atomic E-state index is 15.5. The summed E-state index contributed by atoms with van der Waals surface area (Å²) in [5.74, 6) is -1.42. The molecule has 1 aliphatic rings. The number of halogens is 5. The van der Waals surface area contributed by atoms with Crippen LogP contribution in [0.5, 0.6) is 0 Å². The van der Waals surface area contributed by atoms with Gasteiger partial charge >= 0.3 is 6.18 Å². The summed E-state index contributed by atoms with van der Waals surface area (Å²) in [7, 11) is 0. The van der Waals surface area contributed by atoms with E-state index in [0.29, 0.717) is 5.56 Å². The maximum Gasteiger partial charge on any atom is 0.395 e. The molecule has 4 aromatic rings. The second-order valence-electron chi connectivity index (χ2n) is 10.8. The molecule has 0 amide bonds. The van der Waals surface area contributed by atoms with E-state index in [4.69, 9.17) is 0 Å². The zero-order chi connectivity index (χ0) is 30.4. The van der Waals surface area contributed by atoms with Crippen molar-refractivity contribution in [3.63, 3.8) is 0 Å². The smallest absolute Gasteiger partial charge is 0.382 e. The summed E-state index contributed by atoms with van der Waals surface area (Å²) < 4.78 is 71.4. The van der Waals surface area contributed by atoms with Gasteiger partial charge in [0, 0.05) is 35.1 Å². The van der Waals surface area contributed by atoms with Crippen molar-refractivity contribution in [2.45, 2.75) is 51.9 Å². The number of nitrogens with one attached hydrogen (secondary N) is 2. The molecule has 216 valence electrons. The standard InChI is InChI=1S/C28H24F5N9/c1-14-19(6-7-21(29)38-14)24(25-26(30)42(41-40-25)18-4-5-18)39-17-8-15(10-34)22-20(9-17)23(16(11-35)12-36-22)37-13-27(2,3)28(31,32)33/h6-9,12,18,24,39H,4-5,13H2,1-3H3,(H,36,37)/t24-/m0/s1. The Hall–Kier alpha value is -4.85. The molecule has 0 unspecified atom stereocenters. The molecule has 9 nitrogen and oxygen atoms in total. The molecule has 0 aliphatic heterocycles. The second-order valence-corrected chi connectivity index (χ2v) is 10.8. The quantitative estimate of drug-likeness (QED) is 0.189. The Morgan fingerprint density at radius 2 is 1.81 bits per heavy atom. The molecule has 42 heavy (non-hydrogen) atoms. The van der Waals surface area contributed by atoms with Gasteiger partial charge in [-0.2, -0.15) is 32.5 Å². The zero-order valence-corrected chi connectivity index (χ0v) is 22.7. The third-order valence-electron chi connectivity index (χ3n) is 7.23. The maximum absolute atomic E-state index is 15.5. The van der Waals surface area contributed by atoms with Gasteiger partial charge in [0.15, 0.2) is 0 Å². The number of hydrogen-bond donors (Lipinski definition) is 2. The molecule has 14 heteroatoms. The summed E-state index contributed by atoms with van der Waals surface area (Å²) >= 11 is 0. The van der Waals surface area contributed by atoms with Crippen molar-refractivity contribution < 1.29 is 22.0 Å². The van der Waals surface area contributed by atoms with E-state index in [9.17, 15) is 28.1 Å². The molecule has 5 rings (SSSR count). The van der Waals surface area contributed by atoms with Crippen molar-refractivity contribution in [3.8, 4) is 12.1 Å². The molecular formula is C28H24F5N9. The van der Waals surface area contributed by atoms with Crippen LogP contribution in [0.25, 0.3) is 10.9 Å². The van der Waals surface area contributed by atoms with Gasteiger partial charge in [-0.3, -0.25) is 4.98 Å². The van der Waals surface area contributed by atoms with Crippen LogP contribution in [-0.2, 0) is 0 Å². The Morgan fingerprint density at radius 1 is 1.10 bits per heavy atom. The van der Waals surface area contributed by atoms with E-state index in [1.165, 1.54) is 29.1 Å². The third kappa shape index (κ3) is 5.28. The Labute approximate surface area is 237 Å². The fourth-order valence-corrected chi connectivity index (χ4v) is 4.49. The van der Waals surface area contributed by atoms with E-state index >= 15 is 4.39 Å². The van der Waals surface area contributed by atoms with Crippen LogP contribution in [0.1, 0.15) is 66.9 Å². The van der Waals surface area contributed by atoms with Crippen molar-refractivity contribution in [1.29, 1.82) is 10.5 Å². The number of aromatic nitrogens is 5. The van der Waals surface area contributed by atoms with E-state index in [0.717, 1.165) is 32.8 Å². The van der Waals surface area contributed by atoms with E-state index < -0.39 is 36.1 Å². The first-order valence-electron chi connectivity index (χ1n) is 12.9. The fraction of sp³-hybridized carbons (Fsp3) is 0.357. The lowest BCUT2D eigenvalue weighted by molar-refractivity contribution is -0.206. The van der Waals surface area contributed by atoms with E-state index in [2.05, 4.69) is 30.9 Å². The van der Waals surface area contributed by atoms with Gasteiger partial charge in [-0.1, -0.05) is 11.3 Å². The number of alkyl halides is 3. The van der Waals surface area contributed by atoms with Gasteiger partial charge in [-0.25, -0.2) is 9.67 Å². The molecular weight excluding hydrogens is 557 g/mol. The Bertz CT molecular complexity index is 1760. The van der Waals surface area contributed by atoms with E-state index in [1.54, 1.807) is 6.92 Å². The van der Waals surface area contributed by atoms with Crippen LogP contribution in [0.3, 0.4) is 0 Å². The lowest BCUT2D eigenvalue weighted by atomic mass is 9.92. The van der Waals surface area contributed by atoms with Crippen LogP contribution in [0.15, 0.2) is 30.5 Å². The van der Waals surface area contributed by atoms with Gasteiger partial charge < -0.3 is 10.6 Å². The van der Waals surface area contributed by atoms with Crippen LogP contribution in [-0.4, -0.2) is 37.7 Å². The highest BCUT2D eigenvalue weighted by molar-refractivity contribution is 5.99. The highest BCUT2D eigenvalue weighted by Gasteiger charge is 2.47. The number of fused-ring (bicyclic) bond motifs is 1. The lowest BCUT2D eigenvalue weighted by Gasteiger charge is -2.28. The van der Waals surface area contributed by atoms with Crippen LogP contribution in [0, 0.1) is 46.9 Å². The van der Waals surface area contributed by atoms with Gasteiger partial charge in [0.2, 0.25) is 11.9 Å². The first-order valence-corrected chi connectivity index (χ1v) is 12.9. The summed E-state index contributed by atoms with van der Waals surface area (Å²) in [5, 5.41) is 33.7. The van der Waals surface area contributed by atoms with Gasteiger partial charge in [0.1, 0.15) is 23.9 Å². The molecule has 0 radical (unpaired) electrons. The van der Waals surface area contributed by atoms with Crippen LogP contribution in [0.2, 0.25) is 0 Å². The van der Waals surface area contributed by atoms with E-state index in [1.807, 2.05) is 12.1 Å². The number of benzene rings is 1. The van der Waals surface area contributed by atoms with Crippen molar-refractivity contribution in [1.82, 2.24) is 25.0 Å². The van der Waals surface area contributed by atoms with Crippen molar-refractivity contribution in [2.75, 3.05) is 17.2 Å². The minimum atomic E-state index is -4.53. The summed E-state index contributed by atoms with van der Waals surface area (Å²) in [4.78, 5) is 8.06. The summed E-state index contributed by atoms with van der Waals surface area (Å²) in [6.45, 7) is 3.03. The van der Waals surface area contributed by atoms with Gasteiger partial charge in [-0.05, 0) is 51.8 Å². The molecule has 1 fully saturated rings. The summed E-state index contributed by atoms with van der Waals surface area (Å²) in [5.41, 5.74) is -1.15. The Balaban J connectivity index is 1.64. The molecule has 2 N–H and O–H groups in total. The first-order chi connectivity index (χ1) is 19.8. The minimum absolute atomic E-state index is 0.0323. The lowest BCUT2D eigenvalue weighted by Crippen LogP contribution is -2.38. The number of nitriles is 2. The second kappa shape index (κ2) is 10.5. The number of pyridine rings is 2. The average molecular weight is 582 g/mol. The Morgan fingerprint density at radius 3 is 2.43 bits per heavy atom. The number of nitrogens with zero attached hydrogens (tertiary/aromatic N) is 7. The normalized spacial score (nSPS) is 14.3. The monoisotopic (exact) mass is 581 g/mol. The van der Waals surface area contributed by atoms with Crippen LogP contribution < -0.4 is 10.6 Å². The topological polar surface area (TPSA) is 128 Å². The third-order valence-corrected chi connectivity index (χ3v) is 7.23. The average Bonchev–Trinajstić information content (AvgIpc) is 3.70. The molecule has 3 heterocycles. The fourth-order valence-electron chi connectivity index (χ4n) is 4.49. The predicted molar refractivity (Wildman–Crippen MR) is 142 cm³/mol. The van der Waals surface area contributed by atoms with Crippen molar-refractivity contribution in [3.05, 3.63) is 70.4 Å². The highest BCUT2D eigenvalue weighted by atomic mass is 19.4. The van der Waals surface area contributed by atoms with Gasteiger partial charge in [0.05, 0.1) is 33.8 Å². The molecule has 3 aromatic heterocycles. The summed E-state index contributed by atoms with van der Waals surface area (Å²) in [6, 6.07) is 8.28. The first kappa shape index (κ1) is 28.7. The van der Waals surface area contributed by atoms with Crippen molar-refractivity contribution >= 4 is 22.3 Å². The number of anilines is 2. The molecule has 0 saturated heterocycles. The van der Waals surface area contributed by atoms with Crippen LogP contribution in [0.4, 0.5) is 33.3 Å². The zero-order valence-electron chi connectivity index (χ0n) is 22.7. The molecule has 1 atom stereocenters. The van der Waals surface area contributed by atoms with Gasteiger partial charge in [-0.15, -0.1) is 5.10 Å². The molecule has 0 spiro atoms. The SMILES string of the molecule is Cc1nc(F)ccc1[C@H](Nc1cc(C#N)c2ncc(C#N)c(NCC(C)(C)C(F)(F)F)c2c1)c1nnn(C2CC2)c1F. The number of aryl methyl sites for hydroxylation is 1. The molecule has 0 bridgehead atoms. The predicted octanol–water partition coefficient (Wildman–Crippen LogP) is 6.09. The van der Waals surface area contributed by atoms with Crippen molar-refractivity contribution in [2.24, 2.45) is 5.41 Å². The number of rotatable bonds is 8. The van der Waals surface area contributed by atoms with Gasteiger partial charge in [0.25, 0.3) is 0 Å². The van der Waals surface area contributed by atoms with Crippen LogP contribution >= 0.6 is 0 Å². The summed E-state index contributed by atoms with van der Waals surface area (Å²) in [6.07, 6.45) is -1.85. The van der Waals surface area contributed by atoms with E-state index in [-0.39, 0.29) is 50.8 Å². The largest absolute Gasteiger partial charge is 0.395 e.